The van der Waals surface area contributed by atoms with Gasteiger partial charge in [-0.25, -0.2) is 27.5 Å². The Labute approximate surface area is 160 Å². The summed E-state index contributed by atoms with van der Waals surface area (Å²) in [6.07, 6.45) is 2.77. The van der Waals surface area contributed by atoms with E-state index in [1.165, 1.54) is 0 Å². The van der Waals surface area contributed by atoms with Crippen molar-refractivity contribution in [2.24, 2.45) is 0 Å². The number of aromatic nitrogens is 3. The molecule has 0 atom stereocenters. The predicted octanol–water partition coefficient (Wildman–Crippen LogP) is 5.85. The van der Waals surface area contributed by atoms with Crippen LogP contribution in [-0.4, -0.2) is 14.4 Å². The van der Waals surface area contributed by atoms with Crippen LogP contribution < -0.4 is 0 Å². The molecule has 7 heteroatoms. The highest BCUT2D eigenvalue weighted by Crippen LogP contribution is 2.40. The minimum absolute atomic E-state index is 0.00517. The average Bonchev–Trinajstić information content (AvgIpc) is 3.30. The molecule has 0 aliphatic rings. The number of nitrogens with zero attached hydrogens (tertiary/aromatic N) is 3. The summed E-state index contributed by atoms with van der Waals surface area (Å²) in [5.41, 5.74) is 1.71. The number of fused-ring (bicyclic) bond motifs is 4. The summed E-state index contributed by atoms with van der Waals surface area (Å²) in [5, 5.41) is 2.30. The molecule has 0 saturated heterocycles. The summed E-state index contributed by atoms with van der Waals surface area (Å²) in [7, 11) is 0. The Hall–Kier alpha value is -3.74. The Morgan fingerprint density at radius 2 is 1.41 bits per heavy atom. The number of rotatable bonds is 1. The lowest BCUT2D eigenvalue weighted by molar-refractivity contribution is 0.417. The first-order valence-electron chi connectivity index (χ1n) is 8.78. The second kappa shape index (κ2) is 5.41. The Morgan fingerprint density at radius 3 is 2.28 bits per heavy atom. The van der Waals surface area contributed by atoms with Gasteiger partial charge in [0.15, 0.2) is 23.3 Å². The van der Waals surface area contributed by atoms with Gasteiger partial charge in [-0.2, -0.15) is 0 Å². The molecule has 0 fully saturated rings. The Kier molecular flexibility index (Phi) is 3.03. The van der Waals surface area contributed by atoms with Crippen LogP contribution >= 0.6 is 0 Å². The summed E-state index contributed by atoms with van der Waals surface area (Å²) in [6, 6.07) is 13.5. The second-order valence-corrected chi connectivity index (χ2v) is 6.83. The van der Waals surface area contributed by atoms with Crippen molar-refractivity contribution >= 4 is 38.1 Å². The first-order valence-corrected chi connectivity index (χ1v) is 8.78. The molecule has 3 aromatic carbocycles. The standard InChI is InChI=1S/C22H9F4N3/c23-16-15-20(27-9-28-21(15)19(26)18(25)17(16)24)13-8-29-14-7-2-1-4-10(14)11-5-3-6-12(13)22(11)29/h1-9H. The van der Waals surface area contributed by atoms with Gasteiger partial charge in [0, 0.05) is 27.9 Å². The van der Waals surface area contributed by atoms with Gasteiger partial charge >= 0.3 is 0 Å². The lowest BCUT2D eigenvalue weighted by Crippen LogP contribution is -2.02. The van der Waals surface area contributed by atoms with Crippen LogP contribution in [0.4, 0.5) is 17.6 Å². The molecular formula is C22H9F4N3. The highest BCUT2D eigenvalue weighted by atomic mass is 19.2. The predicted molar refractivity (Wildman–Crippen MR) is 102 cm³/mol. The van der Waals surface area contributed by atoms with Crippen molar-refractivity contribution in [1.29, 1.82) is 0 Å². The van der Waals surface area contributed by atoms with Crippen molar-refractivity contribution in [2.75, 3.05) is 0 Å². The smallest absolute Gasteiger partial charge is 0.199 e. The summed E-state index contributed by atoms with van der Waals surface area (Å²) in [4.78, 5) is 7.75. The fraction of sp³-hybridized carbons (Fsp3) is 0. The zero-order valence-corrected chi connectivity index (χ0v) is 14.5. The van der Waals surface area contributed by atoms with Crippen LogP contribution in [0.1, 0.15) is 0 Å². The number of para-hydroxylation sites is 2. The van der Waals surface area contributed by atoms with Gasteiger partial charge in [0.05, 0.1) is 22.1 Å². The van der Waals surface area contributed by atoms with Gasteiger partial charge in [-0.3, -0.25) is 0 Å². The molecule has 6 rings (SSSR count). The van der Waals surface area contributed by atoms with E-state index in [0.29, 0.717) is 5.56 Å². The minimum atomic E-state index is -1.89. The largest absolute Gasteiger partial charge is 0.315 e. The van der Waals surface area contributed by atoms with Crippen LogP contribution in [0, 0.1) is 23.3 Å². The highest BCUT2D eigenvalue weighted by molar-refractivity contribution is 6.18. The molecule has 0 N–H and O–H groups in total. The second-order valence-electron chi connectivity index (χ2n) is 6.83. The van der Waals surface area contributed by atoms with Crippen LogP contribution in [0.5, 0.6) is 0 Å². The lowest BCUT2D eigenvalue weighted by atomic mass is 10.0. The molecule has 0 unspecified atom stereocenters. The van der Waals surface area contributed by atoms with Gasteiger partial charge in [-0.1, -0.05) is 36.4 Å². The van der Waals surface area contributed by atoms with E-state index >= 15 is 0 Å². The molecule has 0 radical (unpaired) electrons. The molecule has 0 spiro atoms. The third-order valence-electron chi connectivity index (χ3n) is 5.39. The minimum Gasteiger partial charge on any atom is -0.315 e. The molecule has 0 amide bonds. The number of benzene rings is 3. The van der Waals surface area contributed by atoms with Crippen LogP contribution in [0.15, 0.2) is 55.0 Å². The Balaban J connectivity index is 1.81. The van der Waals surface area contributed by atoms with E-state index in [0.717, 1.165) is 33.5 Å². The van der Waals surface area contributed by atoms with E-state index in [1.807, 2.05) is 46.9 Å². The molecule has 3 heterocycles. The fourth-order valence-electron chi connectivity index (χ4n) is 4.16. The first-order chi connectivity index (χ1) is 14.1. The Morgan fingerprint density at radius 1 is 0.690 bits per heavy atom. The number of hydrogen-bond donors (Lipinski definition) is 0. The summed E-state index contributed by atoms with van der Waals surface area (Å²) in [5.74, 6) is -6.82. The maximum atomic E-state index is 14.7. The van der Waals surface area contributed by atoms with Crippen molar-refractivity contribution in [3.8, 4) is 11.3 Å². The molecule has 140 valence electrons. The first kappa shape index (κ1) is 16.2. The van der Waals surface area contributed by atoms with E-state index in [-0.39, 0.29) is 5.69 Å². The van der Waals surface area contributed by atoms with Crippen LogP contribution in [0.25, 0.3) is 49.4 Å². The zero-order chi connectivity index (χ0) is 19.9. The maximum absolute atomic E-state index is 14.7. The Bertz CT molecular complexity index is 1600. The van der Waals surface area contributed by atoms with E-state index in [1.54, 1.807) is 6.20 Å². The quantitative estimate of drug-likeness (QED) is 0.200. The average molecular weight is 391 g/mol. The van der Waals surface area contributed by atoms with Crippen LogP contribution in [0.2, 0.25) is 0 Å². The molecule has 3 aromatic heterocycles. The fourth-order valence-corrected chi connectivity index (χ4v) is 4.16. The number of halogens is 4. The topological polar surface area (TPSA) is 30.2 Å². The molecule has 29 heavy (non-hydrogen) atoms. The number of hydrogen-bond acceptors (Lipinski definition) is 2. The van der Waals surface area contributed by atoms with Gasteiger partial charge in [0.25, 0.3) is 0 Å². The third kappa shape index (κ3) is 1.91. The third-order valence-corrected chi connectivity index (χ3v) is 5.39. The maximum Gasteiger partial charge on any atom is 0.199 e. The summed E-state index contributed by atoms with van der Waals surface area (Å²) >= 11 is 0. The van der Waals surface area contributed by atoms with Crippen molar-refractivity contribution in [2.45, 2.75) is 0 Å². The summed E-state index contributed by atoms with van der Waals surface area (Å²) < 4.78 is 58.5. The van der Waals surface area contributed by atoms with Crippen molar-refractivity contribution in [3.05, 3.63) is 78.3 Å². The van der Waals surface area contributed by atoms with Crippen molar-refractivity contribution < 1.29 is 17.6 Å². The van der Waals surface area contributed by atoms with Gasteiger partial charge in [-0.05, 0) is 6.07 Å². The highest BCUT2D eigenvalue weighted by Gasteiger charge is 2.26. The normalized spacial score (nSPS) is 12.1. The lowest BCUT2D eigenvalue weighted by Gasteiger charge is -2.08. The van der Waals surface area contributed by atoms with Gasteiger partial charge < -0.3 is 4.40 Å². The van der Waals surface area contributed by atoms with E-state index in [9.17, 15) is 17.6 Å². The molecule has 0 bridgehead atoms. The molecule has 3 nitrogen and oxygen atoms in total. The summed E-state index contributed by atoms with van der Waals surface area (Å²) in [6.45, 7) is 0. The van der Waals surface area contributed by atoms with Crippen molar-refractivity contribution in [1.82, 2.24) is 14.4 Å². The van der Waals surface area contributed by atoms with Crippen LogP contribution in [0.3, 0.4) is 0 Å². The van der Waals surface area contributed by atoms with Crippen molar-refractivity contribution in [3.63, 3.8) is 0 Å². The molecule has 0 aliphatic heterocycles. The molecule has 0 saturated carbocycles. The van der Waals surface area contributed by atoms with E-state index in [4.69, 9.17) is 0 Å². The van der Waals surface area contributed by atoms with Crippen LogP contribution in [-0.2, 0) is 0 Å². The SMILES string of the molecule is Fc1c(F)c(F)c2c(-c3cn4c5ccccc5c5cccc3c54)ncnc2c1F. The van der Waals surface area contributed by atoms with Gasteiger partial charge in [-0.15, -0.1) is 0 Å². The molecule has 6 aromatic rings. The zero-order valence-electron chi connectivity index (χ0n) is 14.5. The van der Waals surface area contributed by atoms with Gasteiger partial charge in [0.2, 0.25) is 0 Å². The van der Waals surface area contributed by atoms with E-state index < -0.39 is 34.2 Å². The monoisotopic (exact) mass is 391 g/mol. The van der Waals surface area contributed by atoms with E-state index in [2.05, 4.69) is 9.97 Å². The molecule has 0 aliphatic carbocycles. The molecular weight excluding hydrogens is 382 g/mol. The van der Waals surface area contributed by atoms with Gasteiger partial charge in [0.1, 0.15) is 11.8 Å².